The number of alkyl halides is 6. The van der Waals surface area contributed by atoms with E-state index in [-0.39, 0.29) is 11.4 Å². The average molecular weight is 496 g/mol. The lowest BCUT2D eigenvalue weighted by atomic mass is 10.1. The van der Waals surface area contributed by atoms with Gasteiger partial charge in [0.15, 0.2) is 0 Å². The molecule has 3 nitrogen and oxygen atoms in total. The number of hydrogen-bond donors (Lipinski definition) is 1. The Bertz CT molecular complexity index is 909. The van der Waals surface area contributed by atoms with Crippen molar-refractivity contribution in [2.45, 2.75) is 7.59 Å². The summed E-state index contributed by atoms with van der Waals surface area (Å²) in [5.41, 5.74) is 6.02. The summed E-state index contributed by atoms with van der Waals surface area (Å²) in [4.78, 5) is 0. The Morgan fingerprint density at radius 3 is 1.86 bits per heavy atom. The molecule has 146 valence electrons. The van der Waals surface area contributed by atoms with Crippen LogP contribution in [0.15, 0.2) is 71.5 Å². The molecule has 0 saturated carbocycles. The van der Waals surface area contributed by atoms with Gasteiger partial charge in [-0.1, -0.05) is 124 Å². The van der Waals surface area contributed by atoms with E-state index >= 15 is 0 Å². The van der Waals surface area contributed by atoms with E-state index in [9.17, 15) is 0 Å². The molecule has 2 aromatic rings. The highest BCUT2D eigenvalue weighted by Gasteiger charge is 2.36. The summed E-state index contributed by atoms with van der Waals surface area (Å²) in [6.07, 6.45) is 5.43. The predicted octanol–water partition coefficient (Wildman–Crippen LogP) is 7.16. The van der Waals surface area contributed by atoms with E-state index in [0.29, 0.717) is 5.69 Å². The van der Waals surface area contributed by atoms with Gasteiger partial charge in [-0.05, 0) is 29.3 Å². The number of anilines is 1. The highest BCUT2D eigenvalue weighted by molar-refractivity contribution is 6.78. The fraction of sp³-hybridized carbons (Fsp3) is 0.105. The van der Waals surface area contributed by atoms with Gasteiger partial charge in [-0.25, -0.2) is 0 Å². The van der Waals surface area contributed by atoms with Crippen molar-refractivity contribution in [3.63, 3.8) is 0 Å². The van der Waals surface area contributed by atoms with Gasteiger partial charge in [-0.2, -0.15) is 10.2 Å². The van der Waals surface area contributed by atoms with Crippen LogP contribution in [0.2, 0.25) is 0 Å². The molecule has 0 unspecified atom stereocenters. The Balaban J connectivity index is 1.83. The van der Waals surface area contributed by atoms with E-state index < -0.39 is 7.59 Å². The SMILES string of the molecule is ClC(Cl)(Cl)C1=CC(C(Cl)(Cl)Cl)=NN(c2ccc(C=Cc3ccccc3)cc2)N1. The quantitative estimate of drug-likeness (QED) is 0.361. The van der Waals surface area contributed by atoms with Crippen molar-refractivity contribution in [3.05, 3.63) is 77.5 Å². The number of hydrogen-bond acceptors (Lipinski definition) is 3. The Labute approximate surface area is 193 Å². The smallest absolute Gasteiger partial charge is 0.234 e. The van der Waals surface area contributed by atoms with Crippen LogP contribution in [0, 0.1) is 0 Å². The summed E-state index contributed by atoms with van der Waals surface area (Å²) >= 11 is 35.9. The van der Waals surface area contributed by atoms with Gasteiger partial charge < -0.3 is 0 Å². The summed E-state index contributed by atoms with van der Waals surface area (Å²) in [5.74, 6) is 0. The highest BCUT2D eigenvalue weighted by atomic mass is 35.6. The molecule has 1 N–H and O–H groups in total. The molecule has 9 heteroatoms. The van der Waals surface area contributed by atoms with Crippen LogP contribution in [0.4, 0.5) is 5.69 Å². The maximum atomic E-state index is 5.98. The third-order valence-electron chi connectivity index (χ3n) is 3.72. The second-order valence-corrected chi connectivity index (χ2v) is 10.4. The van der Waals surface area contributed by atoms with Crippen molar-refractivity contribution >= 4 is 93.2 Å². The Morgan fingerprint density at radius 1 is 0.750 bits per heavy atom. The van der Waals surface area contributed by atoms with Crippen LogP contribution < -0.4 is 10.5 Å². The fourth-order valence-corrected chi connectivity index (χ4v) is 2.90. The third-order valence-corrected chi connectivity index (χ3v) is 4.91. The van der Waals surface area contributed by atoms with Crippen molar-refractivity contribution < 1.29 is 0 Å². The van der Waals surface area contributed by atoms with Crippen LogP contribution in [0.5, 0.6) is 0 Å². The van der Waals surface area contributed by atoms with Crippen LogP contribution in [0.3, 0.4) is 0 Å². The van der Waals surface area contributed by atoms with E-state index in [0.717, 1.165) is 11.1 Å². The van der Waals surface area contributed by atoms with Gasteiger partial charge in [0, 0.05) is 0 Å². The van der Waals surface area contributed by atoms with E-state index in [1.54, 1.807) is 0 Å². The van der Waals surface area contributed by atoms with Crippen molar-refractivity contribution in [2.75, 3.05) is 5.12 Å². The standard InChI is InChI=1S/C19H13Cl6N3/c20-18(21,22)16-12-17(19(23,24)25)27-28(26-16)15-10-8-14(9-11-15)7-6-13-4-2-1-3-5-13/h1-12,26H. The lowest BCUT2D eigenvalue weighted by Crippen LogP contribution is -2.43. The number of allylic oxidation sites excluding steroid dienone is 2. The molecule has 3 rings (SSSR count). The second kappa shape index (κ2) is 8.74. The molecular weight excluding hydrogens is 483 g/mol. The van der Waals surface area contributed by atoms with Crippen LogP contribution in [0.1, 0.15) is 11.1 Å². The molecule has 0 bridgehead atoms. The molecule has 0 radical (unpaired) electrons. The van der Waals surface area contributed by atoms with Crippen molar-refractivity contribution in [1.29, 1.82) is 0 Å². The summed E-state index contributed by atoms with van der Waals surface area (Å²) in [6, 6.07) is 17.5. The summed E-state index contributed by atoms with van der Waals surface area (Å²) in [7, 11) is 0. The largest absolute Gasteiger partial charge is 0.278 e. The van der Waals surface area contributed by atoms with Gasteiger partial charge in [-0.3, -0.25) is 5.43 Å². The Hall–Kier alpha value is -1.07. The van der Waals surface area contributed by atoms with Gasteiger partial charge in [-0.15, -0.1) is 0 Å². The molecule has 0 spiro atoms. The van der Waals surface area contributed by atoms with Crippen molar-refractivity contribution in [3.8, 4) is 0 Å². The zero-order chi connectivity index (χ0) is 20.4. The molecule has 0 aliphatic carbocycles. The molecule has 1 aliphatic rings. The fourth-order valence-electron chi connectivity index (χ4n) is 2.33. The average Bonchev–Trinajstić information content (AvgIpc) is 2.66. The number of hydrazine groups is 1. The van der Waals surface area contributed by atoms with Gasteiger partial charge in [0.2, 0.25) is 7.59 Å². The first-order valence-electron chi connectivity index (χ1n) is 7.97. The third kappa shape index (κ3) is 5.73. The van der Waals surface area contributed by atoms with E-state index in [2.05, 4.69) is 10.5 Å². The molecule has 1 heterocycles. The molecule has 0 fully saturated rings. The minimum absolute atomic E-state index is 0.116. The van der Waals surface area contributed by atoms with E-state index in [1.165, 1.54) is 11.2 Å². The molecular formula is C19H13Cl6N3. The van der Waals surface area contributed by atoms with Crippen LogP contribution >= 0.6 is 69.6 Å². The minimum atomic E-state index is -1.78. The van der Waals surface area contributed by atoms with Crippen LogP contribution in [-0.4, -0.2) is 13.3 Å². The second-order valence-electron chi connectivity index (χ2n) is 5.80. The first-order valence-corrected chi connectivity index (χ1v) is 10.2. The molecule has 28 heavy (non-hydrogen) atoms. The maximum absolute atomic E-state index is 5.98. The monoisotopic (exact) mass is 493 g/mol. The van der Waals surface area contributed by atoms with Gasteiger partial charge in [0.25, 0.3) is 0 Å². The summed E-state index contributed by atoms with van der Waals surface area (Å²) in [6.45, 7) is 0. The van der Waals surface area contributed by atoms with E-state index in [4.69, 9.17) is 69.6 Å². The topological polar surface area (TPSA) is 27.6 Å². The maximum Gasteiger partial charge on any atom is 0.234 e. The molecule has 0 aromatic heterocycles. The van der Waals surface area contributed by atoms with Crippen molar-refractivity contribution in [1.82, 2.24) is 5.43 Å². The lowest BCUT2D eigenvalue weighted by molar-refractivity contribution is 0.713. The number of hydrazone groups is 1. The number of nitrogens with zero attached hydrogens (tertiary/aromatic N) is 2. The van der Waals surface area contributed by atoms with Crippen LogP contribution in [0.25, 0.3) is 12.2 Å². The molecule has 0 atom stereocenters. The highest BCUT2D eigenvalue weighted by Crippen LogP contribution is 2.38. The molecule has 1 aliphatic heterocycles. The molecule has 2 aromatic carbocycles. The van der Waals surface area contributed by atoms with Gasteiger partial charge in [0.05, 0.1) is 11.4 Å². The molecule has 0 saturated heterocycles. The normalized spacial score (nSPS) is 15.3. The Kier molecular flexibility index (Phi) is 6.76. The lowest BCUT2D eigenvalue weighted by Gasteiger charge is -2.31. The summed E-state index contributed by atoms with van der Waals surface area (Å²) < 4.78 is -3.52. The minimum Gasteiger partial charge on any atom is -0.278 e. The molecule has 0 amide bonds. The Morgan fingerprint density at radius 2 is 1.32 bits per heavy atom. The first kappa shape index (κ1) is 21.6. The number of rotatable bonds is 3. The number of nitrogens with one attached hydrogen (secondary N) is 1. The van der Waals surface area contributed by atoms with E-state index in [1.807, 2.05) is 66.7 Å². The van der Waals surface area contributed by atoms with Crippen molar-refractivity contribution in [2.24, 2.45) is 5.10 Å². The first-order chi connectivity index (χ1) is 13.1. The zero-order valence-corrected chi connectivity index (χ0v) is 18.6. The number of benzene rings is 2. The number of halogens is 6. The zero-order valence-electron chi connectivity index (χ0n) is 14.1. The predicted molar refractivity (Wildman–Crippen MR) is 124 cm³/mol. The van der Waals surface area contributed by atoms with Gasteiger partial charge >= 0.3 is 0 Å². The van der Waals surface area contributed by atoms with Crippen LogP contribution in [-0.2, 0) is 0 Å². The van der Waals surface area contributed by atoms with Gasteiger partial charge in [0.1, 0.15) is 5.71 Å². The summed E-state index contributed by atoms with van der Waals surface area (Å²) in [5, 5.41) is 5.67.